The zero-order valence-corrected chi connectivity index (χ0v) is 11.6. The fourth-order valence-corrected chi connectivity index (χ4v) is 1.64. The third-order valence-electron chi connectivity index (χ3n) is 2.74. The van der Waals surface area contributed by atoms with E-state index in [1.807, 2.05) is 6.07 Å². The van der Waals surface area contributed by atoms with Crippen LogP contribution < -0.4 is 10.6 Å². The zero-order valence-electron chi connectivity index (χ0n) is 11.6. The van der Waals surface area contributed by atoms with E-state index in [1.54, 1.807) is 24.3 Å². The first-order valence-electron chi connectivity index (χ1n) is 6.30. The van der Waals surface area contributed by atoms with Crippen LogP contribution in [0.25, 0.3) is 0 Å². The van der Waals surface area contributed by atoms with E-state index < -0.39 is 18.1 Å². The molecule has 21 heavy (non-hydrogen) atoms. The molecule has 112 valence electrons. The van der Waals surface area contributed by atoms with Gasteiger partial charge in [-0.3, -0.25) is 4.79 Å². The van der Waals surface area contributed by atoms with E-state index in [-0.39, 0.29) is 19.5 Å². The van der Waals surface area contributed by atoms with Gasteiger partial charge in [-0.1, -0.05) is 12.1 Å². The Morgan fingerprint density at radius 1 is 1.43 bits per heavy atom. The van der Waals surface area contributed by atoms with Gasteiger partial charge in [-0.15, -0.1) is 0 Å². The van der Waals surface area contributed by atoms with Gasteiger partial charge in [0.05, 0.1) is 24.2 Å². The van der Waals surface area contributed by atoms with E-state index in [0.29, 0.717) is 5.56 Å². The second-order valence-electron chi connectivity index (χ2n) is 4.33. The van der Waals surface area contributed by atoms with Crippen LogP contribution in [0.4, 0.5) is 4.79 Å². The number of nitriles is 1. The minimum absolute atomic E-state index is 0.104. The van der Waals surface area contributed by atoms with Gasteiger partial charge in [0, 0.05) is 20.2 Å². The molecule has 0 spiro atoms. The van der Waals surface area contributed by atoms with Crippen molar-refractivity contribution in [3.63, 3.8) is 0 Å². The maximum Gasteiger partial charge on any atom is 0.315 e. The number of methoxy groups -OCH3 is 1. The smallest absolute Gasteiger partial charge is 0.315 e. The first-order chi connectivity index (χ1) is 10.0. The molecule has 1 aromatic rings. The lowest BCUT2D eigenvalue weighted by Gasteiger charge is -2.14. The molecule has 0 bridgehead atoms. The third kappa shape index (κ3) is 6.40. The van der Waals surface area contributed by atoms with Crippen LogP contribution in [0.1, 0.15) is 17.5 Å². The van der Waals surface area contributed by atoms with E-state index in [2.05, 4.69) is 10.6 Å². The van der Waals surface area contributed by atoms with Crippen molar-refractivity contribution in [2.75, 3.05) is 13.7 Å². The van der Waals surface area contributed by atoms with Crippen molar-refractivity contribution < 1.29 is 19.4 Å². The monoisotopic (exact) mass is 291 g/mol. The Morgan fingerprint density at radius 2 is 2.19 bits per heavy atom. The standard InChI is InChI=1S/C14H17N3O4/c1-21-12(6-13(18)19)9-17-14(20)16-8-11-4-2-3-10(5-11)7-15/h2-5,12H,6,8-9H2,1H3,(H,18,19)(H2,16,17,20). The van der Waals surface area contributed by atoms with Gasteiger partial charge in [0.15, 0.2) is 0 Å². The molecule has 7 heteroatoms. The van der Waals surface area contributed by atoms with Crippen molar-refractivity contribution in [2.24, 2.45) is 0 Å². The molecule has 0 aliphatic heterocycles. The quantitative estimate of drug-likeness (QED) is 0.689. The second kappa shape index (κ2) is 8.55. The van der Waals surface area contributed by atoms with Crippen LogP contribution in [0.2, 0.25) is 0 Å². The van der Waals surface area contributed by atoms with Crippen LogP contribution in [0, 0.1) is 11.3 Å². The first kappa shape index (κ1) is 16.5. The van der Waals surface area contributed by atoms with E-state index in [9.17, 15) is 9.59 Å². The number of carbonyl (C=O) groups is 2. The Hall–Kier alpha value is -2.59. The average Bonchev–Trinajstić information content (AvgIpc) is 2.49. The minimum atomic E-state index is -0.989. The summed E-state index contributed by atoms with van der Waals surface area (Å²) in [5.74, 6) is -0.989. The number of carbonyl (C=O) groups excluding carboxylic acids is 1. The fraction of sp³-hybridized carbons (Fsp3) is 0.357. The van der Waals surface area contributed by atoms with Gasteiger partial charge in [0.2, 0.25) is 0 Å². The number of nitrogens with one attached hydrogen (secondary N) is 2. The first-order valence-corrected chi connectivity index (χ1v) is 6.30. The van der Waals surface area contributed by atoms with Gasteiger partial charge in [0.1, 0.15) is 0 Å². The van der Waals surface area contributed by atoms with Gasteiger partial charge < -0.3 is 20.5 Å². The summed E-state index contributed by atoms with van der Waals surface area (Å²) in [4.78, 5) is 22.1. The van der Waals surface area contributed by atoms with Gasteiger partial charge in [-0.2, -0.15) is 5.26 Å². The molecule has 1 aromatic carbocycles. The molecule has 0 saturated carbocycles. The molecule has 3 N–H and O–H groups in total. The highest BCUT2D eigenvalue weighted by Crippen LogP contribution is 2.03. The molecule has 0 heterocycles. The lowest BCUT2D eigenvalue weighted by atomic mass is 10.1. The van der Waals surface area contributed by atoms with E-state index in [0.717, 1.165) is 5.56 Å². The van der Waals surface area contributed by atoms with Crippen molar-refractivity contribution in [3.8, 4) is 6.07 Å². The van der Waals surface area contributed by atoms with Gasteiger partial charge in [0.25, 0.3) is 0 Å². The summed E-state index contributed by atoms with van der Waals surface area (Å²) in [6.07, 6.45) is -0.753. The normalized spacial score (nSPS) is 11.2. The number of nitrogens with zero attached hydrogens (tertiary/aromatic N) is 1. The maximum absolute atomic E-state index is 11.6. The van der Waals surface area contributed by atoms with Crippen LogP contribution in [0.15, 0.2) is 24.3 Å². The van der Waals surface area contributed by atoms with E-state index in [4.69, 9.17) is 15.1 Å². The van der Waals surface area contributed by atoms with Crippen LogP contribution >= 0.6 is 0 Å². The number of hydrogen-bond donors (Lipinski definition) is 3. The average molecular weight is 291 g/mol. The fourth-order valence-electron chi connectivity index (χ4n) is 1.64. The molecule has 2 amide bonds. The molecule has 1 atom stereocenters. The number of rotatable bonds is 7. The Balaban J connectivity index is 2.36. The molecule has 0 aliphatic rings. The SMILES string of the molecule is COC(CNC(=O)NCc1cccc(C#N)c1)CC(=O)O. The highest BCUT2D eigenvalue weighted by Gasteiger charge is 2.13. The minimum Gasteiger partial charge on any atom is -0.481 e. The molecule has 0 radical (unpaired) electrons. The molecule has 0 saturated heterocycles. The van der Waals surface area contributed by atoms with Gasteiger partial charge in [-0.05, 0) is 17.7 Å². The van der Waals surface area contributed by atoms with Crippen molar-refractivity contribution in [1.29, 1.82) is 5.26 Å². The number of hydrogen-bond acceptors (Lipinski definition) is 4. The zero-order chi connectivity index (χ0) is 15.7. The van der Waals surface area contributed by atoms with Crippen LogP contribution in [-0.2, 0) is 16.1 Å². The maximum atomic E-state index is 11.6. The summed E-state index contributed by atoms with van der Waals surface area (Å²) in [5, 5.41) is 22.6. The number of benzene rings is 1. The molecule has 0 aliphatic carbocycles. The van der Waals surface area contributed by atoms with Crippen LogP contribution in [-0.4, -0.2) is 36.9 Å². The summed E-state index contributed by atoms with van der Waals surface area (Å²) in [6, 6.07) is 8.49. The lowest BCUT2D eigenvalue weighted by molar-refractivity contribution is -0.139. The number of ether oxygens (including phenoxy) is 1. The number of carboxylic acids is 1. The molecular weight excluding hydrogens is 274 g/mol. The van der Waals surface area contributed by atoms with Crippen molar-refractivity contribution >= 4 is 12.0 Å². The van der Waals surface area contributed by atoms with E-state index >= 15 is 0 Å². The highest BCUT2D eigenvalue weighted by atomic mass is 16.5. The number of aliphatic carboxylic acids is 1. The molecule has 7 nitrogen and oxygen atoms in total. The second-order valence-corrected chi connectivity index (χ2v) is 4.33. The third-order valence-corrected chi connectivity index (χ3v) is 2.74. The lowest BCUT2D eigenvalue weighted by Crippen LogP contribution is -2.40. The number of amides is 2. The van der Waals surface area contributed by atoms with E-state index in [1.165, 1.54) is 7.11 Å². The van der Waals surface area contributed by atoms with Crippen LogP contribution in [0.3, 0.4) is 0 Å². The van der Waals surface area contributed by atoms with Crippen LogP contribution in [0.5, 0.6) is 0 Å². The summed E-state index contributed by atoms with van der Waals surface area (Å²) in [6.45, 7) is 0.380. The molecule has 1 rings (SSSR count). The Kier molecular flexibility index (Phi) is 6.71. The molecule has 0 fully saturated rings. The summed E-state index contributed by atoms with van der Waals surface area (Å²) in [5.41, 5.74) is 1.33. The predicted molar refractivity (Wildman–Crippen MR) is 74.4 cm³/mol. The highest BCUT2D eigenvalue weighted by molar-refractivity contribution is 5.74. The van der Waals surface area contributed by atoms with Crippen molar-refractivity contribution in [3.05, 3.63) is 35.4 Å². The topological polar surface area (TPSA) is 111 Å². The number of urea groups is 1. The predicted octanol–water partition coefficient (Wildman–Crippen LogP) is 0.847. The van der Waals surface area contributed by atoms with Gasteiger partial charge >= 0.3 is 12.0 Å². The summed E-state index contributed by atoms with van der Waals surface area (Å²) >= 11 is 0. The molecular formula is C14H17N3O4. The summed E-state index contributed by atoms with van der Waals surface area (Å²) in [7, 11) is 1.39. The Labute approximate surface area is 122 Å². The molecule has 0 aromatic heterocycles. The summed E-state index contributed by atoms with van der Waals surface area (Å²) < 4.78 is 4.95. The Bertz CT molecular complexity index is 539. The van der Waals surface area contributed by atoms with Crippen molar-refractivity contribution in [2.45, 2.75) is 19.1 Å². The van der Waals surface area contributed by atoms with Gasteiger partial charge in [-0.25, -0.2) is 4.79 Å². The largest absolute Gasteiger partial charge is 0.481 e. The molecule has 1 unspecified atom stereocenters. The number of carboxylic acid groups (broad SMARTS) is 1. The van der Waals surface area contributed by atoms with Crippen molar-refractivity contribution in [1.82, 2.24) is 10.6 Å². The Morgan fingerprint density at radius 3 is 2.81 bits per heavy atom.